The van der Waals surface area contributed by atoms with Gasteiger partial charge in [-0.3, -0.25) is 0 Å². The van der Waals surface area contributed by atoms with E-state index >= 15 is 0 Å². The molecule has 0 atom stereocenters. The van der Waals surface area contributed by atoms with Crippen molar-refractivity contribution in [1.82, 2.24) is 5.32 Å². The van der Waals surface area contributed by atoms with Crippen LogP contribution in [0.5, 0.6) is 5.75 Å². The molecule has 140 valence electrons. The summed E-state index contributed by atoms with van der Waals surface area (Å²) in [7, 11) is -3.77. The van der Waals surface area contributed by atoms with Gasteiger partial charge in [0.05, 0.1) is 11.4 Å². The summed E-state index contributed by atoms with van der Waals surface area (Å²) < 4.78 is 33.7. The van der Waals surface area contributed by atoms with Crippen LogP contribution in [0.2, 0.25) is 0 Å². The van der Waals surface area contributed by atoms with Gasteiger partial charge in [0, 0.05) is 0 Å². The Labute approximate surface area is 153 Å². The highest BCUT2D eigenvalue weighted by Crippen LogP contribution is 2.25. The number of nitrogens with one attached hydrogen (secondary N) is 1. The molecule has 0 saturated heterocycles. The predicted octanol–water partition coefficient (Wildman–Crippen LogP) is 2.26. The molecular weight excluding hydrogens is 356 g/mol. The Morgan fingerprint density at radius 2 is 1.81 bits per heavy atom. The van der Waals surface area contributed by atoms with Crippen LogP contribution < -0.4 is 15.2 Å². The summed E-state index contributed by atoms with van der Waals surface area (Å²) in [5, 5.41) is 7.76. The molecule has 0 saturated carbocycles. The van der Waals surface area contributed by atoms with E-state index in [-0.39, 0.29) is 24.7 Å². The van der Waals surface area contributed by atoms with Gasteiger partial charge in [-0.15, -0.1) is 0 Å². The highest BCUT2D eigenvalue weighted by molar-refractivity contribution is 7.89. The summed E-state index contributed by atoms with van der Waals surface area (Å²) in [6.45, 7) is 4.04. The third-order valence-electron chi connectivity index (χ3n) is 3.62. The molecule has 2 aromatic rings. The van der Waals surface area contributed by atoms with Crippen LogP contribution in [0.15, 0.2) is 47.4 Å². The maximum absolute atomic E-state index is 11.6. The van der Waals surface area contributed by atoms with Crippen LogP contribution >= 0.6 is 0 Å². The van der Waals surface area contributed by atoms with E-state index in [1.165, 1.54) is 6.07 Å². The van der Waals surface area contributed by atoms with E-state index in [0.717, 1.165) is 5.56 Å². The minimum Gasteiger partial charge on any atom is -0.491 e. The molecule has 2 aromatic carbocycles. The zero-order valence-electron chi connectivity index (χ0n) is 14.7. The van der Waals surface area contributed by atoms with Gasteiger partial charge in [-0.1, -0.05) is 30.3 Å². The van der Waals surface area contributed by atoms with Gasteiger partial charge in [0.25, 0.3) is 0 Å². The summed E-state index contributed by atoms with van der Waals surface area (Å²) in [6, 6.07) is 12.5. The van der Waals surface area contributed by atoms with Crippen LogP contribution in [0, 0.1) is 13.8 Å². The van der Waals surface area contributed by atoms with Crippen molar-refractivity contribution in [1.29, 1.82) is 0 Å². The topological polar surface area (TPSA) is 108 Å². The second-order valence-electron chi connectivity index (χ2n) is 5.77. The number of ether oxygens (including phenoxy) is 2. The molecule has 0 radical (unpaired) electrons. The molecular formula is C18H22N2O5S. The monoisotopic (exact) mass is 378 g/mol. The zero-order valence-corrected chi connectivity index (χ0v) is 15.5. The molecule has 0 bridgehead atoms. The van der Waals surface area contributed by atoms with E-state index in [1.807, 2.05) is 30.3 Å². The van der Waals surface area contributed by atoms with Gasteiger partial charge in [-0.25, -0.2) is 18.4 Å². The number of carbonyl (C=O) groups is 1. The molecule has 0 aromatic heterocycles. The van der Waals surface area contributed by atoms with Crippen molar-refractivity contribution in [3.63, 3.8) is 0 Å². The number of nitrogens with two attached hydrogens (primary N) is 1. The highest BCUT2D eigenvalue weighted by atomic mass is 32.2. The first-order chi connectivity index (χ1) is 12.3. The molecule has 0 unspecified atom stereocenters. The Hall–Kier alpha value is -2.58. The normalized spacial score (nSPS) is 11.0. The van der Waals surface area contributed by atoms with Crippen molar-refractivity contribution in [2.24, 2.45) is 5.14 Å². The predicted molar refractivity (Wildman–Crippen MR) is 97.4 cm³/mol. The van der Waals surface area contributed by atoms with E-state index < -0.39 is 16.1 Å². The van der Waals surface area contributed by atoms with E-state index in [9.17, 15) is 13.2 Å². The molecule has 1 amide bonds. The third-order valence-corrected chi connectivity index (χ3v) is 4.67. The average molecular weight is 378 g/mol. The summed E-state index contributed by atoms with van der Waals surface area (Å²) >= 11 is 0. The Balaban J connectivity index is 1.79. The molecule has 3 N–H and O–H groups in total. The number of amides is 1. The number of alkyl carbamates (subject to hydrolysis) is 1. The van der Waals surface area contributed by atoms with Crippen LogP contribution in [-0.2, 0) is 21.4 Å². The number of hydrogen-bond acceptors (Lipinski definition) is 5. The first-order valence-corrected chi connectivity index (χ1v) is 9.53. The number of sulfonamides is 1. The summed E-state index contributed by atoms with van der Waals surface area (Å²) in [6.07, 6.45) is -0.532. The van der Waals surface area contributed by atoms with Crippen molar-refractivity contribution in [3.05, 3.63) is 59.2 Å². The Morgan fingerprint density at radius 1 is 1.12 bits per heavy atom. The number of primary sulfonamides is 1. The van der Waals surface area contributed by atoms with Crippen molar-refractivity contribution < 1.29 is 22.7 Å². The largest absolute Gasteiger partial charge is 0.491 e. The third kappa shape index (κ3) is 5.75. The number of hydrogen-bond donors (Lipinski definition) is 2. The summed E-state index contributed by atoms with van der Waals surface area (Å²) in [4.78, 5) is 11.7. The van der Waals surface area contributed by atoms with Gasteiger partial charge in [0.15, 0.2) is 0 Å². The quantitative estimate of drug-likeness (QED) is 0.719. The Kier molecular flexibility index (Phi) is 6.59. The molecule has 0 heterocycles. The lowest BCUT2D eigenvalue weighted by Crippen LogP contribution is -2.28. The molecule has 0 aliphatic carbocycles. The van der Waals surface area contributed by atoms with Crippen LogP contribution in [0.25, 0.3) is 0 Å². The van der Waals surface area contributed by atoms with Gasteiger partial charge in [0.2, 0.25) is 10.0 Å². The maximum atomic E-state index is 11.6. The van der Waals surface area contributed by atoms with Gasteiger partial charge in [-0.2, -0.15) is 0 Å². The lowest BCUT2D eigenvalue weighted by atomic mass is 10.1. The van der Waals surface area contributed by atoms with Crippen molar-refractivity contribution in [3.8, 4) is 5.75 Å². The van der Waals surface area contributed by atoms with Crippen LogP contribution in [0.3, 0.4) is 0 Å². The average Bonchev–Trinajstić information content (AvgIpc) is 2.59. The minimum absolute atomic E-state index is 0.0740. The fourth-order valence-corrected chi connectivity index (χ4v) is 3.16. The van der Waals surface area contributed by atoms with E-state index in [4.69, 9.17) is 14.6 Å². The zero-order chi connectivity index (χ0) is 19.2. The Morgan fingerprint density at radius 3 is 2.46 bits per heavy atom. The number of carbonyl (C=O) groups excluding carboxylic acids is 1. The second kappa shape index (κ2) is 8.68. The number of rotatable bonds is 7. The first kappa shape index (κ1) is 19.7. The fourth-order valence-electron chi connectivity index (χ4n) is 2.31. The second-order valence-corrected chi connectivity index (χ2v) is 7.30. The van der Waals surface area contributed by atoms with Gasteiger partial charge in [-0.05, 0) is 42.7 Å². The van der Waals surface area contributed by atoms with Gasteiger partial charge in [0.1, 0.15) is 19.0 Å². The molecule has 0 fully saturated rings. The van der Waals surface area contributed by atoms with Gasteiger partial charge >= 0.3 is 6.09 Å². The van der Waals surface area contributed by atoms with Crippen LogP contribution in [0.1, 0.15) is 16.7 Å². The molecule has 8 heteroatoms. The number of benzene rings is 2. The van der Waals surface area contributed by atoms with Crippen LogP contribution in [-0.4, -0.2) is 27.7 Å². The van der Waals surface area contributed by atoms with Gasteiger partial charge < -0.3 is 14.8 Å². The lowest BCUT2D eigenvalue weighted by molar-refractivity contribution is 0.137. The smallest absolute Gasteiger partial charge is 0.407 e. The molecule has 0 aliphatic rings. The van der Waals surface area contributed by atoms with Crippen molar-refractivity contribution >= 4 is 16.1 Å². The summed E-state index contributed by atoms with van der Waals surface area (Å²) in [5.74, 6) is 0.536. The van der Waals surface area contributed by atoms with E-state index in [2.05, 4.69) is 5.32 Å². The number of aryl methyl sites for hydroxylation is 2. The lowest BCUT2D eigenvalue weighted by Gasteiger charge is -2.13. The standard InChI is InChI=1S/C18H22N2O5S/c1-13-11-17(26(19,22)23)14(2)10-16(13)24-9-8-20-18(21)25-12-15-6-4-3-5-7-15/h3-7,10-11H,8-9,12H2,1-2H3,(H,20,21)(H2,19,22,23). The fraction of sp³-hybridized carbons (Fsp3) is 0.278. The molecule has 0 aliphatic heterocycles. The highest BCUT2D eigenvalue weighted by Gasteiger charge is 2.14. The minimum atomic E-state index is -3.77. The molecule has 7 nitrogen and oxygen atoms in total. The van der Waals surface area contributed by atoms with E-state index in [1.54, 1.807) is 19.9 Å². The van der Waals surface area contributed by atoms with E-state index in [0.29, 0.717) is 16.9 Å². The van der Waals surface area contributed by atoms with Crippen molar-refractivity contribution in [2.45, 2.75) is 25.3 Å². The summed E-state index contributed by atoms with van der Waals surface area (Å²) in [5.41, 5.74) is 2.05. The first-order valence-electron chi connectivity index (χ1n) is 7.99. The molecule has 2 rings (SSSR count). The maximum Gasteiger partial charge on any atom is 0.407 e. The molecule has 26 heavy (non-hydrogen) atoms. The SMILES string of the molecule is Cc1cc(S(N)(=O)=O)c(C)cc1OCCNC(=O)OCc1ccccc1. The Bertz CT molecular complexity index is 867. The van der Waals surface area contributed by atoms with Crippen LogP contribution in [0.4, 0.5) is 4.79 Å². The van der Waals surface area contributed by atoms with Crippen molar-refractivity contribution in [2.75, 3.05) is 13.2 Å². The molecule has 0 spiro atoms.